The van der Waals surface area contributed by atoms with Gasteiger partial charge in [-0.05, 0) is 103 Å². The molecule has 0 heterocycles. The van der Waals surface area contributed by atoms with Crippen LogP contribution in [0, 0.1) is 0 Å². The van der Waals surface area contributed by atoms with Gasteiger partial charge < -0.3 is 4.90 Å². The number of fused-ring (bicyclic) bond motifs is 9. The summed E-state index contributed by atoms with van der Waals surface area (Å²) in [4.78, 5) is 2.52. The highest BCUT2D eigenvalue weighted by molar-refractivity contribution is 5.99. The summed E-state index contributed by atoms with van der Waals surface area (Å²) in [7, 11) is 0. The minimum absolute atomic E-state index is 0.0547. The summed E-state index contributed by atoms with van der Waals surface area (Å²) in [6.45, 7) is 14.2. The summed E-state index contributed by atoms with van der Waals surface area (Å²) >= 11 is 0. The molecule has 0 fully saturated rings. The van der Waals surface area contributed by atoms with Crippen molar-refractivity contribution in [2.24, 2.45) is 0 Å². The Morgan fingerprint density at radius 3 is 1.25 bits per heavy atom. The van der Waals surface area contributed by atoms with E-state index >= 15 is 0 Å². The van der Waals surface area contributed by atoms with Crippen LogP contribution in [0.25, 0.3) is 44.5 Å². The molecule has 7 aromatic rings. The van der Waals surface area contributed by atoms with E-state index in [0.29, 0.717) is 0 Å². The molecule has 252 valence electrons. The van der Waals surface area contributed by atoms with Crippen LogP contribution in [0.4, 0.5) is 17.1 Å². The maximum absolute atomic E-state index is 2.52. The second kappa shape index (κ2) is 10.7. The predicted octanol–water partition coefficient (Wildman–Crippen LogP) is 13.7. The van der Waals surface area contributed by atoms with Crippen LogP contribution >= 0.6 is 0 Å². The summed E-state index contributed by atoms with van der Waals surface area (Å²) in [5.74, 6) is 0. The molecular weight excluding hydrogens is 627 g/mol. The number of benzene rings is 7. The number of rotatable bonds is 4. The van der Waals surface area contributed by atoms with E-state index in [2.05, 4.69) is 198 Å². The average Bonchev–Trinajstić information content (AvgIpc) is 3.65. The van der Waals surface area contributed by atoms with Crippen LogP contribution in [0.2, 0.25) is 0 Å². The Hall–Kier alpha value is -5.66. The first-order valence-electron chi connectivity index (χ1n) is 18.7. The first kappa shape index (κ1) is 31.1. The molecule has 3 aliphatic carbocycles. The lowest BCUT2D eigenvalue weighted by Gasteiger charge is -2.30. The van der Waals surface area contributed by atoms with E-state index in [9.17, 15) is 0 Å². The highest BCUT2D eigenvalue weighted by Gasteiger charge is 2.39. The van der Waals surface area contributed by atoms with Crippen LogP contribution in [0.3, 0.4) is 0 Å². The van der Waals surface area contributed by atoms with E-state index in [1.165, 1.54) is 83.6 Å². The standard InChI is InChI=1S/C51H43N/c1-49(2)41-21-11-7-16-34(41)39-30-32(26-28-44(39)49)52(33-27-29-45-40(31-33)35-17-8-12-22-42(35)50(45,3)4)47-25-14-10-18-36(47)37-20-15-24-46-48(37)38-19-9-13-23-43(38)51(46,5)6/h7-31H,1-6H3. The van der Waals surface area contributed by atoms with Crippen molar-refractivity contribution in [2.45, 2.75) is 57.8 Å². The minimum atomic E-state index is -0.0725. The molecular formula is C51H43N. The van der Waals surface area contributed by atoms with Gasteiger partial charge >= 0.3 is 0 Å². The molecule has 0 aliphatic heterocycles. The molecule has 0 amide bonds. The normalized spacial score (nSPS) is 16.0. The molecule has 52 heavy (non-hydrogen) atoms. The number of hydrogen-bond acceptors (Lipinski definition) is 1. The molecule has 0 unspecified atom stereocenters. The zero-order chi connectivity index (χ0) is 35.6. The van der Waals surface area contributed by atoms with E-state index in [0.717, 1.165) is 11.4 Å². The highest BCUT2D eigenvalue weighted by Crippen LogP contribution is 2.56. The third-order valence-corrected chi connectivity index (χ3v) is 12.7. The van der Waals surface area contributed by atoms with Crippen LogP contribution in [0.1, 0.15) is 74.9 Å². The molecule has 3 aliphatic rings. The van der Waals surface area contributed by atoms with Crippen LogP contribution in [0.15, 0.2) is 152 Å². The van der Waals surface area contributed by atoms with Crippen molar-refractivity contribution in [3.8, 4) is 44.5 Å². The van der Waals surface area contributed by atoms with Crippen molar-refractivity contribution < 1.29 is 0 Å². The van der Waals surface area contributed by atoms with Gasteiger partial charge in [0.05, 0.1) is 5.69 Å². The predicted molar refractivity (Wildman–Crippen MR) is 219 cm³/mol. The van der Waals surface area contributed by atoms with Crippen LogP contribution < -0.4 is 4.90 Å². The van der Waals surface area contributed by atoms with Gasteiger partial charge in [-0.1, -0.05) is 163 Å². The molecule has 0 bridgehead atoms. The molecule has 0 atom stereocenters. The Morgan fingerprint density at radius 1 is 0.308 bits per heavy atom. The van der Waals surface area contributed by atoms with Gasteiger partial charge in [0.2, 0.25) is 0 Å². The van der Waals surface area contributed by atoms with Crippen molar-refractivity contribution in [1.29, 1.82) is 0 Å². The molecule has 0 spiro atoms. The Kier molecular flexibility index (Phi) is 6.39. The van der Waals surface area contributed by atoms with E-state index in [1.807, 2.05) is 0 Å². The first-order valence-corrected chi connectivity index (χ1v) is 18.7. The van der Waals surface area contributed by atoms with Crippen molar-refractivity contribution in [3.63, 3.8) is 0 Å². The van der Waals surface area contributed by atoms with Gasteiger partial charge in [0.1, 0.15) is 0 Å². The Morgan fingerprint density at radius 2 is 0.692 bits per heavy atom. The van der Waals surface area contributed by atoms with Crippen molar-refractivity contribution in [1.82, 2.24) is 0 Å². The molecule has 7 aromatic carbocycles. The molecule has 1 nitrogen and oxygen atoms in total. The minimum Gasteiger partial charge on any atom is -0.310 e. The highest BCUT2D eigenvalue weighted by atomic mass is 15.1. The maximum Gasteiger partial charge on any atom is 0.0540 e. The summed E-state index contributed by atoms with van der Waals surface area (Å²) in [5.41, 5.74) is 22.2. The van der Waals surface area contributed by atoms with Crippen molar-refractivity contribution in [3.05, 3.63) is 185 Å². The first-order chi connectivity index (χ1) is 25.1. The van der Waals surface area contributed by atoms with E-state index in [-0.39, 0.29) is 16.2 Å². The lowest BCUT2D eigenvalue weighted by molar-refractivity contribution is 0.660. The lowest BCUT2D eigenvalue weighted by atomic mass is 9.82. The van der Waals surface area contributed by atoms with E-state index in [1.54, 1.807) is 0 Å². The SMILES string of the molecule is CC1(C)c2ccccc2-c2cc(N(c3ccc4c(c3)-c3ccccc3C4(C)C)c3ccccc3-c3cccc4c3-c3ccccc3C4(C)C)ccc21. The summed E-state index contributed by atoms with van der Waals surface area (Å²) in [6, 6.07) is 57.2. The molecule has 0 saturated carbocycles. The van der Waals surface area contributed by atoms with Gasteiger partial charge in [-0.2, -0.15) is 0 Å². The zero-order valence-corrected chi connectivity index (χ0v) is 30.9. The Labute approximate surface area is 308 Å². The van der Waals surface area contributed by atoms with E-state index < -0.39 is 0 Å². The van der Waals surface area contributed by atoms with Gasteiger partial charge in [0, 0.05) is 33.2 Å². The van der Waals surface area contributed by atoms with Gasteiger partial charge in [-0.15, -0.1) is 0 Å². The Balaban J connectivity index is 1.24. The van der Waals surface area contributed by atoms with Gasteiger partial charge in [0.15, 0.2) is 0 Å². The van der Waals surface area contributed by atoms with Gasteiger partial charge in [-0.3, -0.25) is 0 Å². The topological polar surface area (TPSA) is 3.24 Å². The second-order valence-corrected chi connectivity index (χ2v) is 16.6. The fourth-order valence-corrected chi connectivity index (χ4v) is 10.00. The fourth-order valence-electron chi connectivity index (χ4n) is 10.00. The summed E-state index contributed by atoms with van der Waals surface area (Å²) < 4.78 is 0. The molecule has 0 radical (unpaired) electrons. The summed E-state index contributed by atoms with van der Waals surface area (Å²) in [6.07, 6.45) is 0. The average molecular weight is 670 g/mol. The summed E-state index contributed by atoms with van der Waals surface area (Å²) in [5, 5.41) is 0. The van der Waals surface area contributed by atoms with Crippen molar-refractivity contribution in [2.75, 3.05) is 4.90 Å². The largest absolute Gasteiger partial charge is 0.310 e. The van der Waals surface area contributed by atoms with Crippen LogP contribution in [-0.4, -0.2) is 0 Å². The number of hydrogen-bond donors (Lipinski definition) is 0. The molecule has 0 aromatic heterocycles. The molecule has 1 heteroatoms. The number of para-hydroxylation sites is 1. The monoisotopic (exact) mass is 669 g/mol. The molecule has 0 N–H and O–H groups in total. The third-order valence-electron chi connectivity index (χ3n) is 12.7. The third kappa shape index (κ3) is 4.11. The molecule has 10 rings (SSSR count). The maximum atomic E-state index is 2.52. The quantitative estimate of drug-likeness (QED) is 0.180. The van der Waals surface area contributed by atoms with Crippen LogP contribution in [0.5, 0.6) is 0 Å². The van der Waals surface area contributed by atoms with Crippen molar-refractivity contribution >= 4 is 17.1 Å². The lowest BCUT2D eigenvalue weighted by Crippen LogP contribution is -2.16. The van der Waals surface area contributed by atoms with Gasteiger partial charge in [-0.25, -0.2) is 0 Å². The van der Waals surface area contributed by atoms with Crippen LogP contribution in [-0.2, 0) is 16.2 Å². The smallest absolute Gasteiger partial charge is 0.0540 e. The number of nitrogens with zero attached hydrogens (tertiary/aromatic N) is 1. The zero-order valence-electron chi connectivity index (χ0n) is 30.9. The number of anilines is 3. The second-order valence-electron chi connectivity index (χ2n) is 16.6. The van der Waals surface area contributed by atoms with Gasteiger partial charge in [0.25, 0.3) is 0 Å². The van der Waals surface area contributed by atoms with E-state index in [4.69, 9.17) is 0 Å². The molecule has 0 saturated heterocycles. The Bertz CT molecular complexity index is 2510. The fraction of sp³-hybridized carbons (Fsp3) is 0.176.